The first-order chi connectivity index (χ1) is 7.24. The predicted octanol–water partition coefficient (Wildman–Crippen LogP) is 1.73. The highest BCUT2D eigenvalue weighted by Crippen LogP contribution is 2.42. The molecule has 2 fully saturated rings. The second kappa shape index (κ2) is 4.64. The van der Waals surface area contributed by atoms with Gasteiger partial charge in [0.15, 0.2) is 5.96 Å². The summed E-state index contributed by atoms with van der Waals surface area (Å²) < 4.78 is 0.409. The molecule has 0 spiro atoms. The van der Waals surface area contributed by atoms with Gasteiger partial charge in [-0.2, -0.15) is 11.8 Å². The fourth-order valence-corrected chi connectivity index (χ4v) is 2.93. The molecule has 0 aromatic carbocycles. The second-order valence-corrected chi connectivity index (χ2v) is 5.99. The van der Waals surface area contributed by atoms with E-state index in [1.165, 1.54) is 38.5 Å². The predicted molar refractivity (Wildman–Crippen MR) is 67.4 cm³/mol. The lowest BCUT2D eigenvalue weighted by Gasteiger charge is -2.39. The van der Waals surface area contributed by atoms with Crippen LogP contribution in [0, 0.1) is 0 Å². The molecule has 0 atom stereocenters. The van der Waals surface area contributed by atoms with Crippen LogP contribution in [0.2, 0.25) is 0 Å². The van der Waals surface area contributed by atoms with E-state index < -0.39 is 0 Å². The molecule has 0 bridgehead atoms. The van der Waals surface area contributed by atoms with E-state index in [2.05, 4.69) is 16.6 Å². The molecular formula is C11H21N3S. The summed E-state index contributed by atoms with van der Waals surface area (Å²) in [5.74, 6) is 0.653. The number of rotatable bonds is 4. The maximum atomic E-state index is 5.85. The quantitative estimate of drug-likeness (QED) is 0.568. The highest BCUT2D eigenvalue weighted by molar-refractivity contribution is 8.00. The Labute approximate surface area is 96.3 Å². The van der Waals surface area contributed by atoms with Gasteiger partial charge in [-0.1, -0.05) is 6.42 Å². The van der Waals surface area contributed by atoms with Crippen molar-refractivity contribution < 1.29 is 0 Å². The molecule has 3 nitrogen and oxygen atoms in total. The van der Waals surface area contributed by atoms with Gasteiger partial charge in [0.05, 0.1) is 6.54 Å². The number of aliphatic imine (C=N–C) groups is 1. The lowest BCUT2D eigenvalue weighted by atomic mass is 9.84. The zero-order chi connectivity index (χ0) is 10.7. The molecule has 0 amide bonds. The van der Waals surface area contributed by atoms with Gasteiger partial charge in [-0.3, -0.25) is 4.99 Å². The van der Waals surface area contributed by atoms with E-state index in [0.717, 1.165) is 6.54 Å². The Morgan fingerprint density at radius 2 is 2.20 bits per heavy atom. The molecule has 0 aromatic heterocycles. The molecule has 4 heteroatoms. The summed E-state index contributed by atoms with van der Waals surface area (Å²) in [7, 11) is 0. The number of hydrogen-bond donors (Lipinski definition) is 2. The Bertz CT molecular complexity index is 239. The van der Waals surface area contributed by atoms with E-state index in [1.54, 1.807) is 0 Å². The summed E-state index contributed by atoms with van der Waals surface area (Å²) in [5.41, 5.74) is 5.85. The lowest BCUT2D eigenvalue weighted by molar-refractivity contribution is 0.367. The van der Waals surface area contributed by atoms with Crippen molar-refractivity contribution >= 4 is 17.7 Å². The first kappa shape index (κ1) is 11.1. The van der Waals surface area contributed by atoms with Crippen molar-refractivity contribution in [3.63, 3.8) is 0 Å². The van der Waals surface area contributed by atoms with Crippen molar-refractivity contribution in [2.45, 2.75) is 49.3 Å². The zero-order valence-electron chi connectivity index (χ0n) is 9.46. The van der Waals surface area contributed by atoms with E-state index in [0.29, 0.717) is 16.7 Å². The van der Waals surface area contributed by atoms with Crippen LogP contribution in [-0.2, 0) is 0 Å². The van der Waals surface area contributed by atoms with Gasteiger partial charge < -0.3 is 11.1 Å². The number of nitrogens with two attached hydrogens (primary N) is 1. The minimum Gasteiger partial charge on any atom is -0.370 e. The van der Waals surface area contributed by atoms with Gasteiger partial charge in [0.1, 0.15) is 0 Å². The smallest absolute Gasteiger partial charge is 0.188 e. The van der Waals surface area contributed by atoms with Crippen molar-refractivity contribution in [1.29, 1.82) is 0 Å². The zero-order valence-corrected chi connectivity index (χ0v) is 10.3. The van der Waals surface area contributed by atoms with Crippen molar-refractivity contribution in [2.75, 3.05) is 12.8 Å². The van der Waals surface area contributed by atoms with Crippen LogP contribution in [-0.4, -0.2) is 29.5 Å². The molecule has 2 saturated carbocycles. The summed E-state index contributed by atoms with van der Waals surface area (Å²) in [4.78, 5) is 4.47. The Balaban J connectivity index is 1.76. The SMILES string of the molecule is CSC1(CN=C(N)NC2CCC2)CCC1. The maximum absolute atomic E-state index is 5.85. The number of nitrogens with one attached hydrogen (secondary N) is 1. The summed E-state index contributed by atoms with van der Waals surface area (Å²) in [6.07, 6.45) is 9.98. The van der Waals surface area contributed by atoms with Crippen molar-refractivity contribution in [1.82, 2.24) is 5.32 Å². The van der Waals surface area contributed by atoms with E-state index in [4.69, 9.17) is 5.73 Å². The van der Waals surface area contributed by atoms with Crippen LogP contribution in [0.3, 0.4) is 0 Å². The summed E-state index contributed by atoms with van der Waals surface area (Å²) in [5, 5.41) is 3.28. The van der Waals surface area contributed by atoms with Gasteiger partial charge in [-0.25, -0.2) is 0 Å². The first-order valence-corrected chi connectivity index (χ1v) is 7.08. The van der Waals surface area contributed by atoms with E-state index in [1.807, 2.05) is 11.8 Å². The van der Waals surface area contributed by atoms with Gasteiger partial charge in [0.2, 0.25) is 0 Å². The minimum atomic E-state index is 0.409. The molecule has 0 saturated heterocycles. The van der Waals surface area contributed by atoms with Gasteiger partial charge in [-0.05, 0) is 38.4 Å². The van der Waals surface area contributed by atoms with Gasteiger partial charge in [0, 0.05) is 10.8 Å². The number of nitrogens with zero attached hydrogens (tertiary/aromatic N) is 1. The van der Waals surface area contributed by atoms with Crippen LogP contribution < -0.4 is 11.1 Å². The Hall–Kier alpha value is -0.380. The highest BCUT2D eigenvalue weighted by Gasteiger charge is 2.35. The largest absolute Gasteiger partial charge is 0.370 e. The third-order valence-electron chi connectivity index (χ3n) is 3.69. The van der Waals surface area contributed by atoms with Crippen molar-refractivity contribution in [3.05, 3.63) is 0 Å². The van der Waals surface area contributed by atoms with Crippen LogP contribution in [0.25, 0.3) is 0 Å². The molecule has 15 heavy (non-hydrogen) atoms. The molecule has 0 aliphatic heterocycles. The van der Waals surface area contributed by atoms with E-state index >= 15 is 0 Å². The molecule has 0 aromatic rings. The van der Waals surface area contributed by atoms with Crippen LogP contribution in [0.1, 0.15) is 38.5 Å². The molecule has 0 radical (unpaired) electrons. The summed E-state index contributed by atoms with van der Waals surface area (Å²) in [6.45, 7) is 0.889. The van der Waals surface area contributed by atoms with Crippen molar-refractivity contribution in [3.8, 4) is 0 Å². The molecule has 0 unspecified atom stereocenters. The average molecular weight is 227 g/mol. The van der Waals surface area contributed by atoms with Gasteiger partial charge in [-0.15, -0.1) is 0 Å². The molecule has 3 N–H and O–H groups in total. The van der Waals surface area contributed by atoms with E-state index in [-0.39, 0.29) is 0 Å². The third kappa shape index (κ3) is 2.60. The highest BCUT2D eigenvalue weighted by atomic mass is 32.2. The maximum Gasteiger partial charge on any atom is 0.188 e. The van der Waals surface area contributed by atoms with Gasteiger partial charge >= 0.3 is 0 Å². The Morgan fingerprint density at radius 3 is 2.60 bits per heavy atom. The molecule has 2 rings (SSSR count). The molecule has 2 aliphatic carbocycles. The summed E-state index contributed by atoms with van der Waals surface area (Å²) >= 11 is 1.95. The van der Waals surface area contributed by atoms with Gasteiger partial charge in [0.25, 0.3) is 0 Å². The molecule has 2 aliphatic rings. The third-order valence-corrected chi connectivity index (χ3v) is 5.10. The number of hydrogen-bond acceptors (Lipinski definition) is 2. The first-order valence-electron chi connectivity index (χ1n) is 5.86. The second-order valence-electron chi connectivity index (χ2n) is 4.71. The van der Waals surface area contributed by atoms with E-state index in [9.17, 15) is 0 Å². The number of guanidine groups is 1. The standard InChI is InChI=1S/C11H21N3S/c1-15-11(6-3-7-11)8-13-10(12)14-9-4-2-5-9/h9H,2-8H2,1H3,(H3,12,13,14). The summed E-state index contributed by atoms with van der Waals surface area (Å²) in [6, 6.07) is 0.598. The fraction of sp³-hybridized carbons (Fsp3) is 0.909. The normalized spacial score (nSPS) is 25.5. The van der Waals surface area contributed by atoms with Crippen LogP contribution in [0.15, 0.2) is 4.99 Å². The lowest BCUT2D eigenvalue weighted by Crippen LogP contribution is -2.45. The Kier molecular flexibility index (Phi) is 3.44. The Morgan fingerprint density at radius 1 is 1.47 bits per heavy atom. The van der Waals surface area contributed by atoms with Crippen LogP contribution >= 0.6 is 11.8 Å². The average Bonchev–Trinajstić information content (AvgIpc) is 2.10. The minimum absolute atomic E-state index is 0.409. The molecule has 86 valence electrons. The molecule has 0 heterocycles. The fourth-order valence-electron chi connectivity index (χ4n) is 2.03. The number of thioether (sulfide) groups is 1. The van der Waals surface area contributed by atoms with Crippen molar-refractivity contribution in [2.24, 2.45) is 10.7 Å². The monoisotopic (exact) mass is 227 g/mol. The topological polar surface area (TPSA) is 50.4 Å². The molecular weight excluding hydrogens is 206 g/mol. The van der Waals surface area contributed by atoms with Crippen LogP contribution in [0.5, 0.6) is 0 Å². The van der Waals surface area contributed by atoms with Crippen LogP contribution in [0.4, 0.5) is 0 Å².